The summed E-state index contributed by atoms with van der Waals surface area (Å²) >= 11 is 0. The van der Waals surface area contributed by atoms with Gasteiger partial charge in [0.25, 0.3) is 0 Å². The van der Waals surface area contributed by atoms with Crippen molar-refractivity contribution in [1.29, 1.82) is 0 Å². The standard InChI is InChI=1S/C33H21N/c1-2-12-23-22(11-1)21-30(25-14-4-3-13-24(23)25)32-26-15-5-7-17-28(26)33(31-19-9-10-20-34-31)29-18-8-6-16-27(29)32/h1-21H. The van der Waals surface area contributed by atoms with Crippen LogP contribution in [0.2, 0.25) is 0 Å². The van der Waals surface area contributed by atoms with E-state index in [2.05, 4.69) is 115 Å². The lowest BCUT2D eigenvalue weighted by Crippen LogP contribution is -1.93. The third-order valence-electron chi connectivity index (χ3n) is 6.89. The molecule has 0 saturated carbocycles. The first kappa shape index (κ1) is 19.0. The fraction of sp³-hybridized carbons (Fsp3) is 0. The number of hydrogen-bond acceptors (Lipinski definition) is 1. The van der Waals surface area contributed by atoms with Crippen LogP contribution in [0.5, 0.6) is 0 Å². The normalized spacial score (nSPS) is 11.5. The fourth-order valence-corrected chi connectivity index (χ4v) is 5.47. The smallest absolute Gasteiger partial charge is 0.0714 e. The summed E-state index contributed by atoms with van der Waals surface area (Å²) in [7, 11) is 0. The molecule has 1 nitrogen and oxygen atoms in total. The fourth-order valence-electron chi connectivity index (χ4n) is 5.47. The van der Waals surface area contributed by atoms with Gasteiger partial charge in [-0.2, -0.15) is 0 Å². The van der Waals surface area contributed by atoms with Crippen LogP contribution < -0.4 is 0 Å². The number of pyridine rings is 1. The average Bonchev–Trinajstić information content (AvgIpc) is 2.92. The second-order valence-electron chi connectivity index (χ2n) is 8.75. The molecule has 7 aromatic rings. The topological polar surface area (TPSA) is 12.9 Å². The lowest BCUT2D eigenvalue weighted by molar-refractivity contribution is 1.34. The van der Waals surface area contributed by atoms with Gasteiger partial charge in [-0.25, -0.2) is 0 Å². The summed E-state index contributed by atoms with van der Waals surface area (Å²) in [5, 5.41) is 10.1. The summed E-state index contributed by atoms with van der Waals surface area (Å²) in [5.74, 6) is 0. The first-order chi connectivity index (χ1) is 16.9. The zero-order valence-electron chi connectivity index (χ0n) is 18.6. The SMILES string of the molecule is c1ccc(-c2c3ccccc3c(-c3cc4ccccc4c4ccccc34)c3ccccc23)nc1. The van der Waals surface area contributed by atoms with Crippen molar-refractivity contribution in [2.45, 2.75) is 0 Å². The lowest BCUT2D eigenvalue weighted by atomic mass is 9.84. The van der Waals surface area contributed by atoms with E-state index in [4.69, 9.17) is 4.98 Å². The third-order valence-corrected chi connectivity index (χ3v) is 6.89. The Kier molecular flexibility index (Phi) is 4.22. The molecule has 0 saturated heterocycles. The molecule has 0 bridgehead atoms. The Morgan fingerprint density at radius 2 is 0.882 bits per heavy atom. The zero-order valence-corrected chi connectivity index (χ0v) is 18.6. The molecule has 1 heteroatoms. The van der Waals surface area contributed by atoms with Crippen molar-refractivity contribution in [3.05, 3.63) is 128 Å². The quantitative estimate of drug-likeness (QED) is 0.196. The summed E-state index contributed by atoms with van der Waals surface area (Å²) in [6.45, 7) is 0. The maximum atomic E-state index is 4.74. The van der Waals surface area contributed by atoms with Crippen LogP contribution in [0.4, 0.5) is 0 Å². The molecule has 0 spiro atoms. The number of benzene rings is 6. The number of aromatic nitrogens is 1. The second-order valence-corrected chi connectivity index (χ2v) is 8.75. The van der Waals surface area contributed by atoms with Crippen molar-refractivity contribution >= 4 is 43.1 Å². The van der Waals surface area contributed by atoms with Crippen molar-refractivity contribution < 1.29 is 0 Å². The van der Waals surface area contributed by atoms with Crippen LogP contribution in [-0.2, 0) is 0 Å². The molecular weight excluding hydrogens is 410 g/mol. The summed E-state index contributed by atoms with van der Waals surface area (Å²) in [4.78, 5) is 4.74. The molecule has 0 fully saturated rings. The highest BCUT2D eigenvalue weighted by molar-refractivity contribution is 6.25. The molecule has 0 aliphatic carbocycles. The van der Waals surface area contributed by atoms with E-state index in [1.54, 1.807) is 0 Å². The minimum absolute atomic E-state index is 1.00. The molecule has 0 aliphatic rings. The molecule has 0 radical (unpaired) electrons. The summed E-state index contributed by atoms with van der Waals surface area (Å²) in [5.41, 5.74) is 4.76. The Labute approximate surface area is 197 Å². The van der Waals surface area contributed by atoms with Crippen molar-refractivity contribution in [2.24, 2.45) is 0 Å². The number of rotatable bonds is 2. The third kappa shape index (κ3) is 2.77. The summed E-state index contributed by atoms with van der Waals surface area (Å²) < 4.78 is 0. The molecule has 158 valence electrons. The summed E-state index contributed by atoms with van der Waals surface area (Å²) in [6, 6.07) is 43.5. The molecule has 0 aliphatic heterocycles. The molecule has 6 aromatic carbocycles. The minimum Gasteiger partial charge on any atom is -0.256 e. The number of nitrogens with zero attached hydrogens (tertiary/aromatic N) is 1. The maximum Gasteiger partial charge on any atom is 0.0714 e. The Morgan fingerprint density at radius 3 is 1.50 bits per heavy atom. The molecular formula is C33H21N. The van der Waals surface area contributed by atoms with E-state index in [9.17, 15) is 0 Å². The van der Waals surface area contributed by atoms with E-state index in [1.807, 2.05) is 12.3 Å². The lowest BCUT2D eigenvalue weighted by Gasteiger charge is -2.19. The van der Waals surface area contributed by atoms with E-state index in [-0.39, 0.29) is 0 Å². The molecule has 7 rings (SSSR count). The Hall–Kier alpha value is -4.49. The van der Waals surface area contributed by atoms with Gasteiger partial charge in [0, 0.05) is 11.8 Å². The molecule has 0 amide bonds. The van der Waals surface area contributed by atoms with Gasteiger partial charge < -0.3 is 0 Å². The van der Waals surface area contributed by atoms with Crippen LogP contribution >= 0.6 is 0 Å². The first-order valence-corrected chi connectivity index (χ1v) is 11.7. The van der Waals surface area contributed by atoms with Crippen molar-refractivity contribution in [1.82, 2.24) is 4.98 Å². The van der Waals surface area contributed by atoms with Gasteiger partial charge in [0.1, 0.15) is 0 Å². The van der Waals surface area contributed by atoms with Crippen LogP contribution in [0.15, 0.2) is 128 Å². The average molecular weight is 432 g/mol. The van der Waals surface area contributed by atoms with Gasteiger partial charge >= 0.3 is 0 Å². The summed E-state index contributed by atoms with van der Waals surface area (Å²) in [6.07, 6.45) is 1.88. The van der Waals surface area contributed by atoms with Crippen LogP contribution in [0.25, 0.3) is 65.5 Å². The largest absolute Gasteiger partial charge is 0.256 e. The van der Waals surface area contributed by atoms with Gasteiger partial charge in [0.2, 0.25) is 0 Å². The van der Waals surface area contributed by atoms with E-state index < -0.39 is 0 Å². The highest BCUT2D eigenvalue weighted by Crippen LogP contribution is 2.45. The van der Waals surface area contributed by atoms with Crippen LogP contribution in [0.3, 0.4) is 0 Å². The number of hydrogen-bond donors (Lipinski definition) is 0. The molecule has 0 N–H and O–H groups in total. The van der Waals surface area contributed by atoms with E-state index in [0.29, 0.717) is 0 Å². The number of fused-ring (bicyclic) bond motifs is 5. The van der Waals surface area contributed by atoms with Gasteiger partial charge in [-0.05, 0) is 72.4 Å². The predicted octanol–water partition coefficient (Wildman–Crippen LogP) is 9.03. The Balaban J connectivity index is 1.72. The molecule has 0 atom stereocenters. The first-order valence-electron chi connectivity index (χ1n) is 11.7. The molecule has 0 unspecified atom stereocenters. The molecule has 1 heterocycles. The molecule has 1 aromatic heterocycles. The van der Waals surface area contributed by atoms with Crippen molar-refractivity contribution in [3.8, 4) is 22.4 Å². The zero-order chi connectivity index (χ0) is 22.5. The van der Waals surface area contributed by atoms with Crippen molar-refractivity contribution in [2.75, 3.05) is 0 Å². The van der Waals surface area contributed by atoms with Gasteiger partial charge in [-0.3, -0.25) is 4.98 Å². The second kappa shape index (κ2) is 7.54. The Morgan fingerprint density at radius 1 is 0.382 bits per heavy atom. The van der Waals surface area contributed by atoms with Crippen LogP contribution in [-0.4, -0.2) is 4.98 Å². The van der Waals surface area contributed by atoms with Gasteiger partial charge in [-0.15, -0.1) is 0 Å². The van der Waals surface area contributed by atoms with E-state index in [0.717, 1.165) is 5.69 Å². The highest BCUT2D eigenvalue weighted by Gasteiger charge is 2.18. The highest BCUT2D eigenvalue weighted by atomic mass is 14.7. The van der Waals surface area contributed by atoms with E-state index in [1.165, 1.54) is 59.8 Å². The van der Waals surface area contributed by atoms with Crippen LogP contribution in [0, 0.1) is 0 Å². The van der Waals surface area contributed by atoms with Crippen LogP contribution in [0.1, 0.15) is 0 Å². The van der Waals surface area contributed by atoms with Gasteiger partial charge in [0.05, 0.1) is 5.69 Å². The maximum absolute atomic E-state index is 4.74. The van der Waals surface area contributed by atoms with Gasteiger partial charge in [-0.1, -0.05) is 103 Å². The predicted molar refractivity (Wildman–Crippen MR) is 145 cm³/mol. The molecule has 34 heavy (non-hydrogen) atoms. The van der Waals surface area contributed by atoms with E-state index >= 15 is 0 Å². The van der Waals surface area contributed by atoms with Crippen molar-refractivity contribution in [3.63, 3.8) is 0 Å². The minimum atomic E-state index is 1.00. The van der Waals surface area contributed by atoms with Gasteiger partial charge in [0.15, 0.2) is 0 Å². The Bertz CT molecular complexity index is 1790. The monoisotopic (exact) mass is 431 g/mol.